The molecule has 0 fully saturated rings. The first-order valence-electron chi connectivity index (χ1n) is 3.38. The fourth-order valence-electron chi connectivity index (χ4n) is 0.841. The lowest BCUT2D eigenvalue weighted by Gasteiger charge is -2.03. The quantitative estimate of drug-likeness (QED) is 0.385. The maximum Gasteiger partial charge on any atom is 0.296 e. The average molecular weight is 268 g/mol. The minimum absolute atomic E-state index is 0.0171. The molecule has 0 atom stereocenters. The van der Waals surface area contributed by atoms with Crippen LogP contribution in [-0.2, 0) is 10.1 Å². The molecule has 15 heavy (non-hydrogen) atoms. The van der Waals surface area contributed by atoms with Crippen molar-refractivity contribution in [3.8, 4) is 0 Å². The second kappa shape index (κ2) is 4.26. The van der Waals surface area contributed by atoms with Crippen molar-refractivity contribution in [2.45, 2.75) is 4.90 Å². The van der Waals surface area contributed by atoms with Crippen LogP contribution >= 0.6 is 23.2 Å². The van der Waals surface area contributed by atoms with Crippen LogP contribution in [0.25, 0.3) is 10.4 Å². The van der Waals surface area contributed by atoms with E-state index in [1.807, 2.05) is 0 Å². The zero-order valence-electron chi connectivity index (χ0n) is 6.92. The second-order valence-corrected chi connectivity index (χ2v) is 4.60. The lowest BCUT2D eigenvalue weighted by molar-refractivity contribution is 0.483. The van der Waals surface area contributed by atoms with Gasteiger partial charge in [0.1, 0.15) is 4.90 Å². The Kier molecular flexibility index (Phi) is 3.43. The summed E-state index contributed by atoms with van der Waals surface area (Å²) in [5, 5.41) is 2.78. The van der Waals surface area contributed by atoms with Crippen molar-refractivity contribution in [2.75, 3.05) is 0 Å². The Labute approximate surface area is 94.8 Å². The van der Waals surface area contributed by atoms with Crippen molar-refractivity contribution >= 4 is 39.0 Å². The second-order valence-electron chi connectivity index (χ2n) is 2.40. The highest BCUT2D eigenvalue weighted by molar-refractivity contribution is 7.86. The highest BCUT2D eigenvalue weighted by Gasteiger charge is 2.16. The van der Waals surface area contributed by atoms with Gasteiger partial charge in [-0.05, 0) is 17.7 Å². The molecule has 1 rings (SSSR count). The van der Waals surface area contributed by atoms with Crippen molar-refractivity contribution in [2.24, 2.45) is 5.11 Å². The lowest BCUT2D eigenvalue weighted by atomic mass is 10.3. The summed E-state index contributed by atoms with van der Waals surface area (Å²) in [7, 11) is -4.44. The van der Waals surface area contributed by atoms with Crippen molar-refractivity contribution < 1.29 is 13.0 Å². The fraction of sp³-hybridized carbons (Fsp3) is 0. The van der Waals surface area contributed by atoms with Crippen molar-refractivity contribution in [1.82, 2.24) is 0 Å². The van der Waals surface area contributed by atoms with E-state index in [0.717, 1.165) is 12.1 Å². The van der Waals surface area contributed by atoms with Crippen molar-refractivity contribution in [3.05, 3.63) is 32.6 Å². The van der Waals surface area contributed by atoms with Crippen LogP contribution in [0.4, 0.5) is 5.69 Å². The van der Waals surface area contributed by atoms with Crippen LogP contribution in [0.3, 0.4) is 0 Å². The molecule has 0 aliphatic rings. The summed E-state index contributed by atoms with van der Waals surface area (Å²) in [6.07, 6.45) is 0. The molecule has 80 valence electrons. The van der Waals surface area contributed by atoms with Gasteiger partial charge in [0.15, 0.2) is 0 Å². The number of azide groups is 1. The standard InChI is InChI=1S/C6H3Cl2N3O3S/c7-3-2-6(15(12,13)14)4(8)1-5(3)10-11-9/h1-2H,(H,12,13,14). The third-order valence-electron chi connectivity index (χ3n) is 1.43. The molecule has 0 amide bonds. The predicted octanol–water partition coefficient (Wildman–Crippen LogP) is 3.18. The van der Waals surface area contributed by atoms with Gasteiger partial charge in [-0.15, -0.1) is 0 Å². The summed E-state index contributed by atoms with van der Waals surface area (Å²) < 4.78 is 30.3. The van der Waals surface area contributed by atoms with E-state index in [4.69, 9.17) is 33.3 Å². The first kappa shape index (κ1) is 12.1. The number of nitrogens with zero attached hydrogens (tertiary/aromatic N) is 3. The van der Waals surface area contributed by atoms with Gasteiger partial charge in [-0.1, -0.05) is 28.3 Å². The van der Waals surface area contributed by atoms with E-state index in [0.29, 0.717) is 0 Å². The van der Waals surface area contributed by atoms with Crippen molar-refractivity contribution in [3.63, 3.8) is 0 Å². The van der Waals surface area contributed by atoms with E-state index >= 15 is 0 Å². The van der Waals surface area contributed by atoms with Crippen LogP contribution in [0.5, 0.6) is 0 Å². The molecular weight excluding hydrogens is 265 g/mol. The van der Waals surface area contributed by atoms with Crippen molar-refractivity contribution in [1.29, 1.82) is 0 Å². The average Bonchev–Trinajstić information content (AvgIpc) is 2.09. The highest BCUT2D eigenvalue weighted by atomic mass is 35.5. The molecule has 6 nitrogen and oxygen atoms in total. The molecule has 0 saturated carbocycles. The Bertz CT molecular complexity index is 551. The predicted molar refractivity (Wildman–Crippen MR) is 55.1 cm³/mol. The third-order valence-corrected chi connectivity index (χ3v) is 3.05. The van der Waals surface area contributed by atoms with Gasteiger partial charge in [0.25, 0.3) is 10.1 Å². The first-order chi connectivity index (χ1) is 6.86. The zero-order chi connectivity index (χ0) is 11.6. The zero-order valence-corrected chi connectivity index (χ0v) is 9.25. The van der Waals surface area contributed by atoms with E-state index in [-0.39, 0.29) is 15.7 Å². The summed E-state index contributed by atoms with van der Waals surface area (Å²) in [6.45, 7) is 0. The molecule has 0 aliphatic heterocycles. The molecule has 0 radical (unpaired) electrons. The number of rotatable bonds is 2. The van der Waals surface area contributed by atoms with Crippen LogP contribution in [0.15, 0.2) is 22.1 Å². The van der Waals surface area contributed by atoms with Gasteiger partial charge >= 0.3 is 0 Å². The maximum atomic E-state index is 10.8. The number of benzene rings is 1. The van der Waals surface area contributed by atoms with Gasteiger partial charge in [-0.2, -0.15) is 8.42 Å². The van der Waals surface area contributed by atoms with Gasteiger partial charge in [0.05, 0.1) is 15.7 Å². The molecule has 0 aliphatic carbocycles. The molecule has 9 heteroatoms. The Balaban J connectivity index is 3.52. The van der Waals surface area contributed by atoms with Crippen LogP contribution in [0.1, 0.15) is 0 Å². The fourth-order valence-corrected chi connectivity index (χ4v) is 2.13. The monoisotopic (exact) mass is 267 g/mol. The van der Waals surface area contributed by atoms with Gasteiger partial charge < -0.3 is 0 Å². The summed E-state index contributed by atoms with van der Waals surface area (Å²) in [6, 6.07) is 1.95. The van der Waals surface area contributed by atoms with Crippen LogP contribution in [0, 0.1) is 0 Å². The number of hydrogen-bond acceptors (Lipinski definition) is 3. The topological polar surface area (TPSA) is 103 Å². The number of hydrogen-bond donors (Lipinski definition) is 1. The first-order valence-corrected chi connectivity index (χ1v) is 5.57. The molecule has 0 heterocycles. The molecule has 0 aromatic heterocycles. The Morgan fingerprint density at radius 2 is 1.93 bits per heavy atom. The normalized spacial score (nSPS) is 10.9. The molecule has 1 aromatic rings. The van der Waals surface area contributed by atoms with Crippen LogP contribution in [0.2, 0.25) is 10.0 Å². The summed E-state index contributed by atoms with van der Waals surface area (Å²) in [5.74, 6) is 0. The molecule has 0 unspecified atom stereocenters. The van der Waals surface area contributed by atoms with E-state index in [9.17, 15) is 8.42 Å². The minimum atomic E-state index is -4.44. The molecule has 0 bridgehead atoms. The van der Waals surface area contributed by atoms with Crippen LogP contribution < -0.4 is 0 Å². The van der Waals surface area contributed by atoms with E-state index in [1.165, 1.54) is 0 Å². The smallest absolute Gasteiger partial charge is 0.282 e. The van der Waals surface area contributed by atoms with Gasteiger partial charge in [0, 0.05) is 4.91 Å². The summed E-state index contributed by atoms with van der Waals surface area (Å²) in [5.41, 5.74) is 8.14. The molecule has 1 aromatic carbocycles. The Hall–Kier alpha value is -0.980. The molecule has 1 N–H and O–H groups in total. The van der Waals surface area contributed by atoms with Crippen LogP contribution in [-0.4, -0.2) is 13.0 Å². The van der Waals surface area contributed by atoms with Gasteiger partial charge in [-0.25, -0.2) is 0 Å². The minimum Gasteiger partial charge on any atom is -0.282 e. The maximum absolute atomic E-state index is 10.8. The molecular formula is C6H3Cl2N3O3S. The number of halogens is 2. The van der Waals surface area contributed by atoms with Gasteiger partial charge in [0.2, 0.25) is 0 Å². The summed E-state index contributed by atoms with van der Waals surface area (Å²) in [4.78, 5) is 1.93. The lowest BCUT2D eigenvalue weighted by Crippen LogP contribution is -1.98. The Morgan fingerprint density at radius 1 is 1.33 bits per heavy atom. The third kappa shape index (κ3) is 2.74. The summed E-state index contributed by atoms with van der Waals surface area (Å²) >= 11 is 11.1. The van der Waals surface area contributed by atoms with E-state index in [2.05, 4.69) is 10.0 Å². The van der Waals surface area contributed by atoms with E-state index < -0.39 is 15.0 Å². The molecule has 0 spiro atoms. The SMILES string of the molecule is [N-]=[N+]=Nc1cc(Cl)c(S(=O)(=O)O)cc1Cl. The Morgan fingerprint density at radius 3 is 2.40 bits per heavy atom. The van der Waals surface area contributed by atoms with Gasteiger partial charge in [-0.3, -0.25) is 4.55 Å². The molecule has 0 saturated heterocycles. The largest absolute Gasteiger partial charge is 0.296 e. The van der Waals surface area contributed by atoms with E-state index in [1.54, 1.807) is 0 Å². The highest BCUT2D eigenvalue weighted by Crippen LogP contribution is 2.33.